The first-order chi connectivity index (χ1) is 21.6. The minimum atomic E-state index is -0.129. The molecule has 4 aliphatic rings. The molecule has 1 atom stereocenters. The fourth-order valence-electron chi connectivity index (χ4n) is 6.98. The number of rotatable bonds is 7. The van der Waals surface area contributed by atoms with Gasteiger partial charge in [-0.2, -0.15) is 5.10 Å². The number of morpholine rings is 1. The second-order valence-corrected chi connectivity index (χ2v) is 13.5. The SMILES string of the molecule is C=CC(=O)N[C@H]1CC[C@H](C(=O)N2CCN(CC3Cc4nc(-c5cccc6[nH]ncc56)nc(N5CCOCC5)c4S3)CC2)CC1. The Hall–Kier alpha value is -3.48. The van der Waals surface area contributed by atoms with E-state index in [2.05, 4.69) is 42.9 Å². The zero-order chi connectivity index (χ0) is 30.0. The van der Waals surface area contributed by atoms with Crippen LogP contribution >= 0.6 is 11.8 Å². The lowest BCUT2D eigenvalue weighted by molar-refractivity contribution is -0.138. The van der Waals surface area contributed by atoms with Gasteiger partial charge < -0.3 is 19.9 Å². The fraction of sp³-hybridized carbons (Fsp3) is 0.531. The van der Waals surface area contributed by atoms with Crippen LogP contribution in [0.3, 0.4) is 0 Å². The van der Waals surface area contributed by atoms with Gasteiger partial charge in [0.05, 0.1) is 35.5 Å². The number of aromatic amines is 1. The van der Waals surface area contributed by atoms with Crippen LogP contribution < -0.4 is 10.2 Å². The van der Waals surface area contributed by atoms with Gasteiger partial charge in [-0.25, -0.2) is 9.97 Å². The number of fused-ring (bicyclic) bond motifs is 2. The number of hydrogen-bond donors (Lipinski definition) is 2. The van der Waals surface area contributed by atoms with E-state index in [0.29, 0.717) is 18.5 Å². The van der Waals surface area contributed by atoms with Crippen LogP contribution in [0.1, 0.15) is 31.4 Å². The maximum absolute atomic E-state index is 13.3. The number of anilines is 1. The topological polar surface area (TPSA) is 120 Å². The van der Waals surface area contributed by atoms with Crippen molar-refractivity contribution in [3.63, 3.8) is 0 Å². The third-order valence-corrected chi connectivity index (χ3v) is 10.7. The molecule has 1 aromatic carbocycles. The molecule has 11 nitrogen and oxygen atoms in total. The Labute approximate surface area is 261 Å². The van der Waals surface area contributed by atoms with Crippen molar-refractivity contribution in [1.82, 2.24) is 35.3 Å². The summed E-state index contributed by atoms with van der Waals surface area (Å²) in [6, 6.07) is 6.28. The molecule has 0 spiro atoms. The fourth-order valence-corrected chi connectivity index (χ4v) is 8.39. The molecule has 0 radical (unpaired) electrons. The van der Waals surface area contributed by atoms with Crippen molar-refractivity contribution >= 4 is 40.3 Å². The Bertz CT molecular complexity index is 1520. The highest BCUT2D eigenvalue weighted by molar-refractivity contribution is 8.00. The summed E-state index contributed by atoms with van der Waals surface area (Å²) in [5, 5.41) is 11.7. The highest BCUT2D eigenvalue weighted by atomic mass is 32.2. The lowest BCUT2D eigenvalue weighted by Gasteiger charge is -2.38. The van der Waals surface area contributed by atoms with Gasteiger partial charge in [0.1, 0.15) is 5.82 Å². The molecular formula is C32H40N8O3S. The van der Waals surface area contributed by atoms with E-state index < -0.39 is 0 Å². The van der Waals surface area contributed by atoms with E-state index in [1.54, 1.807) is 0 Å². The highest BCUT2D eigenvalue weighted by Crippen LogP contribution is 2.43. The van der Waals surface area contributed by atoms with Gasteiger partial charge in [0.2, 0.25) is 11.8 Å². The third-order valence-electron chi connectivity index (χ3n) is 9.41. The molecule has 3 fully saturated rings. The smallest absolute Gasteiger partial charge is 0.243 e. The van der Waals surface area contributed by atoms with Gasteiger partial charge in [0.15, 0.2) is 5.82 Å². The summed E-state index contributed by atoms with van der Waals surface area (Å²) in [6.45, 7) is 10.9. The van der Waals surface area contributed by atoms with E-state index in [4.69, 9.17) is 14.7 Å². The summed E-state index contributed by atoms with van der Waals surface area (Å²) in [5.74, 6) is 2.00. The largest absolute Gasteiger partial charge is 0.378 e. The molecule has 2 amide bonds. The van der Waals surface area contributed by atoms with Crippen LogP contribution in [0, 0.1) is 5.92 Å². The van der Waals surface area contributed by atoms with Gasteiger partial charge in [-0.15, -0.1) is 11.8 Å². The van der Waals surface area contributed by atoms with Crippen molar-refractivity contribution in [1.29, 1.82) is 0 Å². The second-order valence-electron chi connectivity index (χ2n) is 12.2. The summed E-state index contributed by atoms with van der Waals surface area (Å²) < 4.78 is 5.65. The number of benzene rings is 1. The van der Waals surface area contributed by atoms with Crippen LogP contribution in [0.25, 0.3) is 22.3 Å². The maximum Gasteiger partial charge on any atom is 0.243 e. The summed E-state index contributed by atoms with van der Waals surface area (Å²) in [4.78, 5) is 43.3. The van der Waals surface area contributed by atoms with Crippen LogP contribution in [0.2, 0.25) is 0 Å². The molecule has 2 aromatic heterocycles. The van der Waals surface area contributed by atoms with Gasteiger partial charge in [-0.1, -0.05) is 18.7 Å². The molecule has 12 heteroatoms. The quantitative estimate of drug-likeness (QED) is 0.386. The van der Waals surface area contributed by atoms with Crippen LogP contribution in [-0.4, -0.2) is 112 Å². The van der Waals surface area contributed by atoms with E-state index in [0.717, 1.165) is 112 Å². The van der Waals surface area contributed by atoms with Crippen molar-refractivity contribution in [2.75, 3.05) is 63.9 Å². The van der Waals surface area contributed by atoms with Crippen LogP contribution in [0.15, 0.2) is 41.9 Å². The van der Waals surface area contributed by atoms with E-state index >= 15 is 0 Å². The molecule has 1 aliphatic carbocycles. The van der Waals surface area contributed by atoms with Crippen molar-refractivity contribution in [3.05, 3.63) is 42.7 Å². The first-order valence-corrected chi connectivity index (χ1v) is 16.7. The van der Waals surface area contributed by atoms with Gasteiger partial charge >= 0.3 is 0 Å². The number of carbonyl (C=O) groups excluding carboxylic acids is 2. The minimum absolute atomic E-state index is 0.0672. The number of hydrogen-bond acceptors (Lipinski definition) is 9. The van der Waals surface area contributed by atoms with Gasteiger partial charge in [-0.3, -0.25) is 19.6 Å². The lowest BCUT2D eigenvalue weighted by Crippen LogP contribution is -2.52. The average Bonchev–Trinajstić information content (AvgIpc) is 3.72. The number of carbonyl (C=O) groups is 2. The van der Waals surface area contributed by atoms with E-state index in [-0.39, 0.29) is 23.8 Å². The van der Waals surface area contributed by atoms with Crippen molar-refractivity contribution in [3.8, 4) is 11.4 Å². The van der Waals surface area contributed by atoms with Gasteiger partial charge in [0.25, 0.3) is 0 Å². The summed E-state index contributed by atoms with van der Waals surface area (Å²) in [5.41, 5.74) is 3.10. The molecule has 44 heavy (non-hydrogen) atoms. The number of piperazine rings is 1. The molecule has 3 aromatic rings. The van der Waals surface area contributed by atoms with Crippen LogP contribution in [0.4, 0.5) is 5.82 Å². The summed E-state index contributed by atoms with van der Waals surface area (Å²) in [7, 11) is 0. The van der Waals surface area contributed by atoms with Crippen LogP contribution in [-0.2, 0) is 20.7 Å². The summed E-state index contributed by atoms with van der Waals surface area (Å²) in [6.07, 6.45) is 7.44. The maximum atomic E-state index is 13.3. The van der Waals surface area contributed by atoms with E-state index in [1.165, 1.54) is 11.0 Å². The minimum Gasteiger partial charge on any atom is -0.378 e. The zero-order valence-corrected chi connectivity index (χ0v) is 25.9. The van der Waals surface area contributed by atoms with Crippen molar-refractivity contribution in [2.45, 2.75) is 48.3 Å². The number of ether oxygens (including phenoxy) is 1. The van der Waals surface area contributed by atoms with Gasteiger partial charge in [0, 0.05) is 80.4 Å². The third kappa shape index (κ3) is 6.07. The Morgan fingerprint density at radius 2 is 1.86 bits per heavy atom. The molecule has 232 valence electrons. The summed E-state index contributed by atoms with van der Waals surface area (Å²) >= 11 is 1.91. The van der Waals surface area contributed by atoms with Crippen LogP contribution in [0.5, 0.6) is 0 Å². The Balaban J connectivity index is 0.989. The Morgan fingerprint density at radius 3 is 2.64 bits per heavy atom. The lowest BCUT2D eigenvalue weighted by atomic mass is 9.85. The molecule has 5 heterocycles. The zero-order valence-electron chi connectivity index (χ0n) is 25.0. The molecule has 2 saturated heterocycles. The highest BCUT2D eigenvalue weighted by Gasteiger charge is 2.35. The predicted octanol–water partition coefficient (Wildman–Crippen LogP) is 2.88. The van der Waals surface area contributed by atoms with Crippen molar-refractivity contribution in [2.24, 2.45) is 5.92 Å². The molecular weight excluding hydrogens is 576 g/mol. The predicted molar refractivity (Wildman–Crippen MR) is 171 cm³/mol. The molecule has 0 bridgehead atoms. The normalized spacial score (nSPS) is 24.3. The van der Waals surface area contributed by atoms with Crippen molar-refractivity contribution < 1.29 is 14.3 Å². The Kier molecular flexibility index (Phi) is 8.55. The number of amides is 2. The average molecular weight is 617 g/mol. The van der Waals surface area contributed by atoms with E-state index in [9.17, 15) is 9.59 Å². The molecule has 7 rings (SSSR count). The number of aromatic nitrogens is 4. The Morgan fingerprint density at radius 1 is 1.07 bits per heavy atom. The number of nitrogens with one attached hydrogen (secondary N) is 2. The first-order valence-electron chi connectivity index (χ1n) is 15.8. The molecule has 2 N–H and O–H groups in total. The molecule has 3 aliphatic heterocycles. The monoisotopic (exact) mass is 616 g/mol. The van der Waals surface area contributed by atoms with Gasteiger partial charge in [-0.05, 0) is 37.8 Å². The number of nitrogens with zero attached hydrogens (tertiary/aromatic N) is 6. The number of thioether (sulfide) groups is 1. The van der Waals surface area contributed by atoms with E-state index in [1.807, 2.05) is 30.1 Å². The molecule has 1 saturated carbocycles. The standard InChI is InChI=1S/C32H40N8O3S/c1-2-28(41)34-22-8-6-21(7-9-22)32(42)40-12-10-38(11-13-40)20-23-18-27-29(44-23)31(39-14-16-43-17-15-39)36-30(35-27)24-4-3-5-26-25(24)19-33-37-26/h2-5,19,21-23H,1,6-18,20H2,(H,33,37)(H,34,41)/t21-,22-,23?. The second kappa shape index (κ2) is 12.9. The number of H-pyrrole nitrogens is 1. The molecule has 1 unspecified atom stereocenters. The first kappa shape index (κ1) is 29.2.